The lowest BCUT2D eigenvalue weighted by atomic mass is 10.2. The van der Waals surface area contributed by atoms with E-state index in [2.05, 4.69) is 21.2 Å². The average molecular weight is 395 g/mol. The minimum atomic E-state index is -0.627. The zero-order chi connectivity index (χ0) is 16.2. The molecule has 1 saturated heterocycles. The number of nitrogens with zero attached hydrogens (tertiary/aromatic N) is 1. The maximum atomic E-state index is 12.6. The van der Waals surface area contributed by atoms with Gasteiger partial charge in [-0.3, -0.25) is 9.59 Å². The second-order valence-electron chi connectivity index (χ2n) is 5.13. The van der Waals surface area contributed by atoms with Crippen molar-refractivity contribution in [1.82, 2.24) is 4.90 Å². The van der Waals surface area contributed by atoms with Crippen molar-refractivity contribution in [1.29, 1.82) is 0 Å². The van der Waals surface area contributed by atoms with Crippen molar-refractivity contribution in [2.75, 3.05) is 18.5 Å². The van der Waals surface area contributed by atoms with Crippen molar-refractivity contribution in [2.45, 2.75) is 12.6 Å². The van der Waals surface area contributed by atoms with Gasteiger partial charge in [-0.1, -0.05) is 28.1 Å². The van der Waals surface area contributed by atoms with E-state index >= 15 is 0 Å². The Morgan fingerprint density at radius 1 is 1.39 bits per heavy atom. The van der Waals surface area contributed by atoms with Crippen LogP contribution in [0, 0.1) is 0 Å². The molecule has 1 aliphatic rings. The number of benzene rings is 1. The van der Waals surface area contributed by atoms with E-state index in [1.807, 2.05) is 35.7 Å². The first-order valence-electron chi connectivity index (χ1n) is 7.09. The number of hydrogen-bond acceptors (Lipinski definition) is 4. The van der Waals surface area contributed by atoms with Gasteiger partial charge in [-0.15, -0.1) is 11.3 Å². The molecule has 2 aromatic rings. The molecule has 0 aliphatic carbocycles. The second-order valence-corrected chi connectivity index (χ2v) is 7.08. The molecule has 7 heteroatoms. The van der Waals surface area contributed by atoms with Gasteiger partial charge in [0.2, 0.25) is 11.8 Å². The number of amides is 2. The molecule has 0 unspecified atom stereocenters. The molecule has 0 bridgehead atoms. The number of carbonyl (C=O) groups excluding carboxylic acids is 2. The van der Waals surface area contributed by atoms with Gasteiger partial charge >= 0.3 is 0 Å². The zero-order valence-electron chi connectivity index (χ0n) is 12.2. The second kappa shape index (κ2) is 7.25. The first-order chi connectivity index (χ1) is 11.1. The lowest BCUT2D eigenvalue weighted by Gasteiger charge is -2.34. The number of thiophene rings is 1. The Bertz CT molecular complexity index is 705. The quantitative estimate of drug-likeness (QED) is 0.866. The Labute approximate surface area is 146 Å². The fourth-order valence-corrected chi connectivity index (χ4v) is 3.48. The standard InChI is InChI=1S/C16H15BrN2O3S/c17-11-3-1-4-12(7-11)18-16(21)14-9-22-10-15(20)19(14)8-13-5-2-6-23-13/h1-7,14H,8-10H2,(H,18,21)/t14-/m0/s1. The summed E-state index contributed by atoms with van der Waals surface area (Å²) in [5.74, 6) is -0.410. The Morgan fingerprint density at radius 3 is 3.00 bits per heavy atom. The lowest BCUT2D eigenvalue weighted by molar-refractivity contribution is -0.153. The minimum absolute atomic E-state index is 0.0199. The SMILES string of the molecule is O=C(Nc1cccc(Br)c1)[C@@H]1COCC(=O)N1Cc1cccs1. The van der Waals surface area contributed by atoms with Crippen LogP contribution < -0.4 is 5.32 Å². The summed E-state index contributed by atoms with van der Waals surface area (Å²) in [6.45, 7) is 0.652. The summed E-state index contributed by atoms with van der Waals surface area (Å²) in [4.78, 5) is 27.4. The molecule has 3 rings (SSSR count). The number of carbonyl (C=O) groups is 2. The molecule has 120 valence electrons. The van der Waals surface area contributed by atoms with Crippen LogP contribution >= 0.6 is 27.3 Å². The van der Waals surface area contributed by atoms with Crippen molar-refractivity contribution in [3.8, 4) is 0 Å². The highest BCUT2D eigenvalue weighted by atomic mass is 79.9. The van der Waals surface area contributed by atoms with Gasteiger partial charge in [0, 0.05) is 15.0 Å². The lowest BCUT2D eigenvalue weighted by Crippen LogP contribution is -2.54. The summed E-state index contributed by atoms with van der Waals surface area (Å²) in [7, 11) is 0. The van der Waals surface area contributed by atoms with Crippen molar-refractivity contribution in [2.24, 2.45) is 0 Å². The van der Waals surface area contributed by atoms with E-state index in [1.54, 1.807) is 22.3 Å². The Hall–Kier alpha value is -1.70. The maximum absolute atomic E-state index is 12.6. The summed E-state index contributed by atoms with van der Waals surface area (Å²) < 4.78 is 6.15. The largest absolute Gasteiger partial charge is 0.369 e. The highest BCUT2D eigenvalue weighted by molar-refractivity contribution is 9.10. The summed E-state index contributed by atoms with van der Waals surface area (Å²) >= 11 is 4.94. The van der Waals surface area contributed by atoms with Crippen LogP contribution in [0.3, 0.4) is 0 Å². The average Bonchev–Trinajstić information content (AvgIpc) is 3.02. The van der Waals surface area contributed by atoms with Crippen molar-refractivity contribution >= 4 is 44.8 Å². The first-order valence-corrected chi connectivity index (χ1v) is 8.77. The summed E-state index contributed by atoms with van der Waals surface area (Å²) in [5.41, 5.74) is 0.679. The number of morpholine rings is 1. The third-order valence-corrected chi connectivity index (χ3v) is 4.85. The molecule has 2 heterocycles. The molecule has 2 amide bonds. The molecule has 0 saturated carbocycles. The Balaban J connectivity index is 1.74. The molecule has 1 fully saturated rings. The van der Waals surface area contributed by atoms with Crippen LogP contribution in [-0.4, -0.2) is 36.0 Å². The van der Waals surface area contributed by atoms with Crippen molar-refractivity contribution in [3.63, 3.8) is 0 Å². The van der Waals surface area contributed by atoms with Crippen LogP contribution in [0.15, 0.2) is 46.3 Å². The van der Waals surface area contributed by atoms with E-state index in [4.69, 9.17) is 4.74 Å². The third-order valence-electron chi connectivity index (χ3n) is 3.50. The highest BCUT2D eigenvalue weighted by Crippen LogP contribution is 2.20. The van der Waals surface area contributed by atoms with E-state index in [0.29, 0.717) is 12.2 Å². The van der Waals surface area contributed by atoms with Crippen molar-refractivity contribution in [3.05, 3.63) is 51.1 Å². The number of ether oxygens (including phenoxy) is 1. The molecule has 23 heavy (non-hydrogen) atoms. The Morgan fingerprint density at radius 2 is 2.26 bits per heavy atom. The van der Waals surface area contributed by atoms with E-state index in [0.717, 1.165) is 9.35 Å². The zero-order valence-corrected chi connectivity index (χ0v) is 14.6. The predicted octanol–water partition coefficient (Wildman–Crippen LogP) is 2.88. The van der Waals surface area contributed by atoms with E-state index in [9.17, 15) is 9.59 Å². The normalized spacial score (nSPS) is 18.0. The van der Waals surface area contributed by atoms with Crippen LogP contribution in [0.25, 0.3) is 0 Å². The first kappa shape index (κ1) is 16.2. The molecule has 1 N–H and O–H groups in total. The monoisotopic (exact) mass is 394 g/mol. The van der Waals surface area contributed by atoms with Crippen LogP contribution in [0.2, 0.25) is 0 Å². The number of nitrogens with one attached hydrogen (secondary N) is 1. The van der Waals surface area contributed by atoms with Gasteiger partial charge in [0.25, 0.3) is 0 Å². The fourth-order valence-electron chi connectivity index (χ4n) is 2.38. The molecule has 0 spiro atoms. The fraction of sp³-hybridized carbons (Fsp3) is 0.250. The Kier molecular flexibility index (Phi) is 5.09. The highest BCUT2D eigenvalue weighted by Gasteiger charge is 2.34. The molecule has 1 aliphatic heterocycles. The molecule has 1 aromatic heterocycles. The molecule has 1 atom stereocenters. The molecular weight excluding hydrogens is 380 g/mol. The summed E-state index contributed by atoms with van der Waals surface area (Å²) in [6.07, 6.45) is 0. The summed E-state index contributed by atoms with van der Waals surface area (Å²) in [5, 5.41) is 4.80. The topological polar surface area (TPSA) is 58.6 Å². The van der Waals surface area contributed by atoms with Gasteiger partial charge in [-0.2, -0.15) is 0 Å². The third kappa shape index (κ3) is 3.99. The van der Waals surface area contributed by atoms with E-state index in [-0.39, 0.29) is 25.0 Å². The van der Waals surface area contributed by atoms with Gasteiger partial charge in [0.05, 0.1) is 13.2 Å². The molecule has 1 aromatic carbocycles. The number of rotatable bonds is 4. The van der Waals surface area contributed by atoms with Gasteiger partial charge < -0.3 is 15.0 Å². The van der Waals surface area contributed by atoms with E-state index in [1.165, 1.54) is 0 Å². The number of hydrogen-bond donors (Lipinski definition) is 1. The van der Waals surface area contributed by atoms with E-state index < -0.39 is 6.04 Å². The molecule has 5 nitrogen and oxygen atoms in total. The van der Waals surface area contributed by atoms with Gasteiger partial charge in [-0.25, -0.2) is 0 Å². The minimum Gasteiger partial charge on any atom is -0.369 e. The van der Waals surface area contributed by atoms with Gasteiger partial charge in [0.1, 0.15) is 12.6 Å². The van der Waals surface area contributed by atoms with Crippen molar-refractivity contribution < 1.29 is 14.3 Å². The maximum Gasteiger partial charge on any atom is 0.249 e. The number of anilines is 1. The van der Waals surface area contributed by atoms with Gasteiger partial charge in [0.15, 0.2) is 0 Å². The summed E-state index contributed by atoms with van der Waals surface area (Å²) in [6, 6.07) is 10.6. The number of halogens is 1. The van der Waals surface area contributed by atoms with Crippen LogP contribution in [0.1, 0.15) is 4.88 Å². The van der Waals surface area contributed by atoms with Crippen LogP contribution in [-0.2, 0) is 20.9 Å². The van der Waals surface area contributed by atoms with Crippen LogP contribution in [0.5, 0.6) is 0 Å². The molecular formula is C16H15BrN2O3S. The smallest absolute Gasteiger partial charge is 0.249 e. The predicted molar refractivity (Wildman–Crippen MR) is 92.2 cm³/mol. The van der Waals surface area contributed by atoms with Gasteiger partial charge in [-0.05, 0) is 29.6 Å². The molecule has 0 radical (unpaired) electrons. The van der Waals surface area contributed by atoms with Crippen LogP contribution in [0.4, 0.5) is 5.69 Å².